The number of nitrogens with two attached hydrogens (primary N) is 2. The van der Waals surface area contributed by atoms with Crippen LogP contribution in [0.4, 0.5) is 0 Å². The first-order valence-electron chi connectivity index (χ1n) is 26.4. The predicted octanol–water partition coefficient (Wildman–Crippen LogP) is -5.93. The van der Waals surface area contributed by atoms with Crippen molar-refractivity contribution in [1.82, 2.24) is 47.9 Å². The van der Waals surface area contributed by atoms with Gasteiger partial charge in [-0.1, -0.05) is 53.3 Å². The molecule has 35 nitrogen and oxygen atoms in total. The van der Waals surface area contributed by atoms with E-state index in [1.165, 1.54) is 13.8 Å². The smallest absolute Gasteiger partial charge is 0.469 e. The summed E-state index contributed by atoms with van der Waals surface area (Å²) in [4.78, 5) is 189. The number of carbonyl (C=O) groups is 13. The van der Waals surface area contributed by atoms with Crippen molar-refractivity contribution in [1.29, 1.82) is 0 Å². The van der Waals surface area contributed by atoms with Gasteiger partial charge in [0.15, 0.2) is 0 Å². The van der Waals surface area contributed by atoms with Gasteiger partial charge in [-0.15, -0.1) is 0 Å². The second-order valence-corrected chi connectivity index (χ2v) is 24.6. The molecule has 11 atom stereocenters. The monoisotopic (exact) mass is 1280 g/mol. The Labute approximate surface area is 493 Å². The molecule has 0 radical (unpaired) electrons. The molecule has 0 unspecified atom stereocenters. The van der Waals surface area contributed by atoms with Gasteiger partial charge in [-0.05, 0) is 63.7 Å². The van der Waals surface area contributed by atoms with Crippen molar-refractivity contribution in [2.75, 3.05) is 24.7 Å². The van der Waals surface area contributed by atoms with Gasteiger partial charge in [0.25, 0.3) is 10.1 Å². The van der Waals surface area contributed by atoms with Crippen LogP contribution in [0.1, 0.15) is 107 Å². The number of carbonyl (C=O) groups excluding carboxylic acids is 11. The summed E-state index contributed by atoms with van der Waals surface area (Å²) in [5.41, 5.74) is 11.2. The van der Waals surface area contributed by atoms with Crippen LogP contribution in [-0.2, 0) is 81.5 Å². The lowest BCUT2D eigenvalue weighted by Gasteiger charge is -2.30. The Balaban J connectivity index is 6.85. The minimum absolute atomic E-state index is 0.0558. The molecule has 486 valence electrons. The summed E-state index contributed by atoms with van der Waals surface area (Å²) in [6.45, 7) is 9.52. The summed E-state index contributed by atoms with van der Waals surface area (Å²) in [5, 5.41) is 58.8. The first kappa shape index (κ1) is 78.6. The third-order valence-corrected chi connectivity index (χ3v) is 14.2. The van der Waals surface area contributed by atoms with Crippen molar-refractivity contribution in [3.63, 3.8) is 0 Å². The van der Waals surface area contributed by atoms with Crippen LogP contribution in [0.25, 0.3) is 0 Å². The Morgan fingerprint density at radius 2 is 0.953 bits per heavy atom. The highest BCUT2D eigenvalue weighted by Crippen LogP contribution is 2.38. The molecule has 20 N–H and O–H groups in total. The van der Waals surface area contributed by atoms with Crippen LogP contribution in [0.2, 0.25) is 0 Å². The Bertz CT molecular complexity index is 2520. The maximum atomic E-state index is 14.1. The fourth-order valence-corrected chi connectivity index (χ4v) is 9.58. The molecule has 0 aromatic rings. The van der Waals surface area contributed by atoms with Gasteiger partial charge in [0.05, 0.1) is 37.2 Å². The Morgan fingerprint density at radius 1 is 0.553 bits per heavy atom. The van der Waals surface area contributed by atoms with E-state index < -0.39 is 224 Å². The molecule has 38 heteroatoms. The number of hydrogen-bond acceptors (Lipinski definition) is 21. The average Bonchev–Trinajstić information content (AvgIpc) is 3.46. The number of rotatable bonds is 41. The molecule has 0 aromatic heterocycles. The average molecular weight is 1280 g/mol. The molecule has 0 bridgehead atoms. The number of carboxylic acid groups (broad SMARTS) is 2. The zero-order chi connectivity index (χ0) is 65.9. The molecule has 0 rings (SSSR count). The summed E-state index contributed by atoms with van der Waals surface area (Å²) >= 11 is 0.465. The lowest BCUT2D eigenvalue weighted by Crippen LogP contribution is -2.63. The largest absolute Gasteiger partial charge is 0.481 e. The summed E-state index contributed by atoms with van der Waals surface area (Å²) < 4.78 is 47.6. The Kier molecular flexibility index (Phi) is 35.0. The molecular formula is C47H82N11O24PS2. The number of carboxylic acids is 2. The van der Waals surface area contributed by atoms with E-state index in [1.807, 2.05) is 5.32 Å². The van der Waals surface area contributed by atoms with Crippen molar-refractivity contribution in [2.45, 2.75) is 173 Å². The van der Waals surface area contributed by atoms with Crippen LogP contribution in [0.5, 0.6) is 0 Å². The molecule has 0 saturated heterocycles. The SMILES string of the molecule is CC(C)C[C@H](NC(=O)[C@H](CCC(=O)O)NC(=O)[C@H](CCC(N)=O)NC(=O)[C@@H](NC(=O)[C@H](CO)NC(=O)[C@@H](NC(=O)[C@@H](NC(=O)[C@H](CCC(=O)O)NC(=O)[C@@H](N)CC(C)C)[C@@H](C)O)C(C)C)[C@@H](C)OP(=O)(O)O)C(=O)NCC(=O)SCCS(=O)(=O)O. The van der Waals surface area contributed by atoms with E-state index >= 15 is 0 Å². The number of phosphoric acid groups is 1. The van der Waals surface area contributed by atoms with Gasteiger partial charge in [0.2, 0.25) is 64.2 Å². The number of hydrogen-bond donors (Lipinski definition) is 18. The van der Waals surface area contributed by atoms with Crippen LogP contribution >= 0.6 is 19.6 Å². The number of thioether (sulfide) groups is 1. The van der Waals surface area contributed by atoms with Crippen LogP contribution in [-0.4, -0.2) is 211 Å². The van der Waals surface area contributed by atoms with E-state index in [9.17, 15) is 106 Å². The standard InChI is InChI=1S/C47H82N11O24PS2/c1-21(2)17-26(48)39(67)51-29(11-14-34(64)65)43(71)57-37(24(7)60)46(74)56-36(23(5)6)45(73)55-31(20-59)44(72)58-38(25(8)82-83(76,77)78)47(75)53-27(9-12-32(49)61)41(69)52-28(10-13-33(62)63)42(70)54-30(18-22(3)4)40(68)50-19-35(66)84-15-16-85(79,80)81/h21-31,36-38,59-60H,9-20,48H2,1-8H3,(H2,49,61)(H,50,68)(H,51,67)(H,52,69)(H,53,75)(H,54,70)(H,55,73)(H,56,74)(H,57,71)(H,58,72)(H,62,63)(H,64,65)(H2,76,77,78)(H,79,80,81)/t24-,25-,26+,27+,28+,29+,30+,31+,36+,37+,38+/m1/s1. The highest BCUT2D eigenvalue weighted by molar-refractivity contribution is 8.14. The van der Waals surface area contributed by atoms with Crippen LogP contribution in [0, 0.1) is 17.8 Å². The number of aliphatic carboxylic acids is 2. The minimum atomic E-state index is -5.57. The van der Waals surface area contributed by atoms with E-state index in [-0.39, 0.29) is 30.4 Å². The van der Waals surface area contributed by atoms with Crippen molar-refractivity contribution in [2.24, 2.45) is 29.2 Å². The van der Waals surface area contributed by atoms with Crippen molar-refractivity contribution >= 4 is 106 Å². The molecule has 0 aliphatic rings. The summed E-state index contributed by atoms with van der Waals surface area (Å²) in [5.74, 6) is -17.3. The summed E-state index contributed by atoms with van der Waals surface area (Å²) in [6, 6.07) is -16.0. The van der Waals surface area contributed by atoms with E-state index in [0.29, 0.717) is 11.8 Å². The van der Waals surface area contributed by atoms with Gasteiger partial charge in [0, 0.05) is 25.0 Å². The highest BCUT2D eigenvalue weighted by atomic mass is 32.2. The first-order valence-corrected chi connectivity index (χ1v) is 30.5. The fourth-order valence-electron chi connectivity index (χ4n) is 7.45. The second kappa shape index (κ2) is 37.9. The molecule has 0 saturated carbocycles. The van der Waals surface area contributed by atoms with Crippen LogP contribution < -0.4 is 59.3 Å². The maximum absolute atomic E-state index is 14.1. The minimum Gasteiger partial charge on any atom is -0.481 e. The number of amides is 10. The number of nitrogens with one attached hydrogen (secondary N) is 9. The lowest BCUT2D eigenvalue weighted by atomic mass is 10.0. The number of primary amides is 1. The van der Waals surface area contributed by atoms with E-state index in [2.05, 4.69) is 47.1 Å². The van der Waals surface area contributed by atoms with Crippen molar-refractivity contribution in [3.05, 3.63) is 0 Å². The summed E-state index contributed by atoms with van der Waals surface area (Å²) in [7, 11) is -9.97. The maximum Gasteiger partial charge on any atom is 0.469 e. The normalized spacial score (nSPS) is 15.6. The van der Waals surface area contributed by atoms with Gasteiger partial charge >= 0.3 is 19.8 Å². The molecular weight excluding hydrogens is 1200 g/mol. The highest BCUT2D eigenvalue weighted by Gasteiger charge is 2.39. The molecule has 0 aliphatic carbocycles. The predicted molar refractivity (Wildman–Crippen MR) is 298 cm³/mol. The lowest BCUT2D eigenvalue weighted by molar-refractivity contribution is -0.139. The van der Waals surface area contributed by atoms with Crippen LogP contribution in [0.3, 0.4) is 0 Å². The Hall–Kier alpha value is -6.44. The van der Waals surface area contributed by atoms with E-state index in [4.69, 9.17) is 16.0 Å². The van der Waals surface area contributed by atoms with Crippen molar-refractivity contribution < 1.29 is 115 Å². The zero-order valence-corrected chi connectivity index (χ0v) is 50.6. The molecule has 0 aliphatic heterocycles. The first-order chi connectivity index (χ1) is 39.1. The van der Waals surface area contributed by atoms with Gasteiger partial charge in [-0.3, -0.25) is 71.4 Å². The topological polar surface area (TPSA) is 584 Å². The summed E-state index contributed by atoms with van der Waals surface area (Å²) in [6.07, 6.45) is -7.76. The number of aliphatic hydroxyl groups is 2. The zero-order valence-electron chi connectivity index (χ0n) is 48.1. The Morgan fingerprint density at radius 3 is 1.39 bits per heavy atom. The molecule has 0 aromatic carbocycles. The van der Waals surface area contributed by atoms with Gasteiger partial charge in [0.1, 0.15) is 48.3 Å². The molecule has 0 fully saturated rings. The van der Waals surface area contributed by atoms with Crippen molar-refractivity contribution in [3.8, 4) is 0 Å². The van der Waals surface area contributed by atoms with Gasteiger partial charge in [-0.2, -0.15) is 8.42 Å². The number of phosphoric ester groups is 1. The van der Waals surface area contributed by atoms with E-state index in [1.54, 1.807) is 27.7 Å². The second-order valence-electron chi connectivity index (χ2n) is 20.7. The third kappa shape index (κ3) is 33.2. The third-order valence-electron chi connectivity index (χ3n) is 11.8. The van der Waals surface area contributed by atoms with Gasteiger partial charge < -0.3 is 89.5 Å². The molecule has 85 heavy (non-hydrogen) atoms. The number of aliphatic hydroxyl groups excluding tert-OH is 2. The molecule has 10 amide bonds. The quantitative estimate of drug-likeness (QED) is 0.0200. The van der Waals surface area contributed by atoms with Gasteiger partial charge in [-0.25, -0.2) is 4.57 Å². The fraction of sp³-hybridized carbons (Fsp3) is 0.723. The molecule has 0 heterocycles. The molecule has 0 spiro atoms. The van der Waals surface area contributed by atoms with E-state index in [0.717, 1.165) is 13.8 Å². The van der Waals surface area contributed by atoms with Crippen LogP contribution in [0.15, 0.2) is 0 Å².